The molecule has 0 aliphatic carbocycles. The lowest BCUT2D eigenvalue weighted by Crippen LogP contribution is -2.24. The monoisotopic (exact) mass is 367 g/mol. The van der Waals surface area contributed by atoms with Crippen LogP contribution >= 0.6 is 23.2 Å². The van der Waals surface area contributed by atoms with Gasteiger partial charge >= 0.3 is 6.03 Å². The molecule has 0 heterocycles. The zero-order chi connectivity index (χ0) is 17.5. The predicted molar refractivity (Wildman–Crippen MR) is 94.1 cm³/mol. The number of hydrogen-bond acceptors (Lipinski definition) is 4. The quantitative estimate of drug-likeness (QED) is 0.604. The lowest BCUT2D eigenvalue weighted by Gasteiger charge is -2.14. The first-order valence-corrected chi connectivity index (χ1v) is 7.59. The van der Waals surface area contributed by atoms with Crippen molar-refractivity contribution in [3.63, 3.8) is 0 Å². The number of hydrazone groups is 1. The summed E-state index contributed by atoms with van der Waals surface area (Å²) in [6.45, 7) is 0.209. The standard InChI is InChI=1S/C16H15Cl2N3O3/c1-23-14-4-2-3-10(8-20-21-16(19)22)15(14)24-9-11-5-6-12(17)7-13(11)18/h2-8H,9H2,1H3,(H3,19,21,22)/b20-8+. The van der Waals surface area contributed by atoms with E-state index < -0.39 is 6.03 Å². The van der Waals surface area contributed by atoms with Crippen LogP contribution in [0.5, 0.6) is 11.5 Å². The number of primary amides is 1. The van der Waals surface area contributed by atoms with Gasteiger partial charge in [-0.25, -0.2) is 10.2 Å². The lowest BCUT2D eigenvalue weighted by molar-refractivity contribution is 0.249. The smallest absolute Gasteiger partial charge is 0.332 e. The van der Waals surface area contributed by atoms with Gasteiger partial charge in [0.25, 0.3) is 0 Å². The topological polar surface area (TPSA) is 85.9 Å². The van der Waals surface area contributed by atoms with Crippen molar-refractivity contribution in [3.05, 3.63) is 57.6 Å². The fourth-order valence-corrected chi connectivity index (χ4v) is 2.37. The van der Waals surface area contributed by atoms with Crippen molar-refractivity contribution >= 4 is 35.4 Å². The van der Waals surface area contributed by atoms with E-state index in [0.29, 0.717) is 27.1 Å². The molecule has 3 N–H and O–H groups in total. The second-order valence-electron chi connectivity index (χ2n) is 4.64. The number of para-hydroxylation sites is 1. The van der Waals surface area contributed by atoms with E-state index in [1.807, 2.05) is 0 Å². The minimum atomic E-state index is -0.760. The summed E-state index contributed by atoms with van der Waals surface area (Å²) in [5.74, 6) is 0.976. The Kier molecular flexibility index (Phi) is 6.28. The summed E-state index contributed by atoms with van der Waals surface area (Å²) in [7, 11) is 1.53. The summed E-state index contributed by atoms with van der Waals surface area (Å²) in [6.07, 6.45) is 1.41. The Morgan fingerprint density at radius 2 is 2.12 bits per heavy atom. The number of benzene rings is 2. The highest BCUT2D eigenvalue weighted by Crippen LogP contribution is 2.31. The average molecular weight is 368 g/mol. The van der Waals surface area contributed by atoms with Gasteiger partial charge in [0.05, 0.1) is 13.3 Å². The van der Waals surface area contributed by atoms with E-state index in [1.165, 1.54) is 13.3 Å². The molecule has 0 radical (unpaired) electrons. The molecule has 2 amide bonds. The average Bonchev–Trinajstić information content (AvgIpc) is 2.54. The Bertz CT molecular complexity index is 766. The van der Waals surface area contributed by atoms with E-state index in [1.54, 1.807) is 36.4 Å². The molecule has 2 rings (SSSR count). The molecule has 0 atom stereocenters. The van der Waals surface area contributed by atoms with Crippen LogP contribution in [0.15, 0.2) is 41.5 Å². The normalized spacial score (nSPS) is 10.6. The number of amides is 2. The molecule has 6 nitrogen and oxygen atoms in total. The molecule has 0 saturated heterocycles. The second kappa shape index (κ2) is 8.42. The molecule has 0 saturated carbocycles. The Morgan fingerprint density at radius 1 is 1.33 bits per heavy atom. The Morgan fingerprint density at radius 3 is 2.79 bits per heavy atom. The predicted octanol–water partition coefficient (Wildman–Crippen LogP) is 3.58. The van der Waals surface area contributed by atoms with Crippen molar-refractivity contribution < 1.29 is 14.3 Å². The number of carbonyl (C=O) groups excluding carboxylic acids is 1. The molecule has 8 heteroatoms. The Hall–Kier alpha value is -2.44. The van der Waals surface area contributed by atoms with Gasteiger partial charge in [-0.15, -0.1) is 0 Å². The molecule has 0 aliphatic rings. The number of carbonyl (C=O) groups is 1. The molecule has 0 aromatic heterocycles. The Balaban J connectivity index is 2.23. The first kappa shape index (κ1) is 17.9. The van der Waals surface area contributed by atoms with E-state index in [0.717, 1.165) is 5.56 Å². The van der Waals surface area contributed by atoms with Crippen molar-refractivity contribution in [3.8, 4) is 11.5 Å². The third kappa shape index (κ3) is 4.78. The summed E-state index contributed by atoms with van der Waals surface area (Å²) in [5.41, 5.74) is 8.47. The highest BCUT2D eigenvalue weighted by molar-refractivity contribution is 6.35. The molecular weight excluding hydrogens is 353 g/mol. The van der Waals surface area contributed by atoms with E-state index >= 15 is 0 Å². The molecule has 0 unspecified atom stereocenters. The zero-order valence-corrected chi connectivity index (χ0v) is 14.3. The van der Waals surface area contributed by atoms with Crippen molar-refractivity contribution in [2.45, 2.75) is 6.61 Å². The van der Waals surface area contributed by atoms with Crippen LogP contribution in [0.2, 0.25) is 10.0 Å². The minimum absolute atomic E-state index is 0.209. The van der Waals surface area contributed by atoms with Crippen LogP contribution in [0.3, 0.4) is 0 Å². The summed E-state index contributed by atoms with van der Waals surface area (Å²) in [4.78, 5) is 10.7. The van der Waals surface area contributed by atoms with E-state index in [2.05, 4.69) is 10.5 Å². The van der Waals surface area contributed by atoms with E-state index in [-0.39, 0.29) is 6.61 Å². The number of nitrogens with zero attached hydrogens (tertiary/aromatic N) is 1. The van der Waals surface area contributed by atoms with Gasteiger partial charge in [0.1, 0.15) is 6.61 Å². The van der Waals surface area contributed by atoms with Crippen molar-refractivity contribution in [2.75, 3.05) is 7.11 Å². The second-order valence-corrected chi connectivity index (χ2v) is 5.48. The minimum Gasteiger partial charge on any atom is -0.493 e. The Labute approximate surface area is 149 Å². The third-order valence-electron chi connectivity index (χ3n) is 2.99. The molecule has 2 aromatic rings. The molecule has 126 valence electrons. The summed E-state index contributed by atoms with van der Waals surface area (Å²) < 4.78 is 11.1. The maximum Gasteiger partial charge on any atom is 0.332 e. The van der Waals surface area contributed by atoms with Crippen LogP contribution in [-0.4, -0.2) is 19.4 Å². The molecule has 2 aromatic carbocycles. The number of rotatable bonds is 6. The number of hydrogen-bond donors (Lipinski definition) is 2. The molecule has 0 fully saturated rings. The maximum absolute atomic E-state index is 10.7. The highest BCUT2D eigenvalue weighted by Gasteiger charge is 2.11. The van der Waals surface area contributed by atoms with Crippen molar-refractivity contribution in [1.29, 1.82) is 0 Å². The lowest BCUT2D eigenvalue weighted by atomic mass is 10.2. The third-order valence-corrected chi connectivity index (χ3v) is 3.58. The number of ether oxygens (including phenoxy) is 2. The van der Waals surface area contributed by atoms with Crippen LogP contribution in [0.4, 0.5) is 4.79 Å². The first-order chi connectivity index (χ1) is 11.5. The highest BCUT2D eigenvalue weighted by atomic mass is 35.5. The SMILES string of the molecule is COc1cccc(/C=N/NC(N)=O)c1OCc1ccc(Cl)cc1Cl. The van der Waals surface area contributed by atoms with Gasteiger partial charge in [0.15, 0.2) is 11.5 Å². The number of urea groups is 1. The summed E-state index contributed by atoms with van der Waals surface area (Å²) >= 11 is 12.0. The van der Waals surface area contributed by atoms with Crippen LogP contribution in [0, 0.1) is 0 Å². The molecular formula is C16H15Cl2N3O3. The van der Waals surface area contributed by atoms with Gasteiger partial charge in [0, 0.05) is 21.2 Å². The number of halogens is 2. The summed E-state index contributed by atoms with van der Waals surface area (Å²) in [5, 5.41) is 4.78. The first-order valence-electron chi connectivity index (χ1n) is 6.83. The van der Waals surface area contributed by atoms with E-state index in [4.69, 9.17) is 38.4 Å². The molecule has 0 aliphatic heterocycles. The summed E-state index contributed by atoms with van der Waals surface area (Å²) in [6, 6.07) is 9.67. The van der Waals surface area contributed by atoms with Gasteiger partial charge in [-0.1, -0.05) is 35.3 Å². The number of methoxy groups -OCH3 is 1. The van der Waals surface area contributed by atoms with Crippen molar-refractivity contribution in [2.24, 2.45) is 10.8 Å². The van der Waals surface area contributed by atoms with Crippen LogP contribution in [0.25, 0.3) is 0 Å². The zero-order valence-electron chi connectivity index (χ0n) is 12.8. The van der Waals surface area contributed by atoms with E-state index in [9.17, 15) is 4.79 Å². The van der Waals surface area contributed by atoms with Crippen LogP contribution in [-0.2, 0) is 6.61 Å². The number of nitrogens with one attached hydrogen (secondary N) is 1. The fourth-order valence-electron chi connectivity index (χ4n) is 1.90. The number of nitrogens with two attached hydrogens (primary N) is 1. The van der Waals surface area contributed by atoms with Gasteiger partial charge < -0.3 is 15.2 Å². The van der Waals surface area contributed by atoms with Crippen molar-refractivity contribution in [1.82, 2.24) is 5.43 Å². The van der Waals surface area contributed by atoms with Gasteiger partial charge in [-0.05, 0) is 24.3 Å². The van der Waals surface area contributed by atoms with Crippen LogP contribution < -0.4 is 20.6 Å². The fraction of sp³-hybridized carbons (Fsp3) is 0.125. The maximum atomic E-state index is 10.7. The largest absolute Gasteiger partial charge is 0.493 e. The van der Waals surface area contributed by atoms with Gasteiger partial charge in [0.2, 0.25) is 0 Å². The van der Waals surface area contributed by atoms with Gasteiger partial charge in [-0.2, -0.15) is 5.10 Å². The van der Waals surface area contributed by atoms with Crippen LogP contribution in [0.1, 0.15) is 11.1 Å². The molecule has 24 heavy (non-hydrogen) atoms. The molecule has 0 bridgehead atoms. The van der Waals surface area contributed by atoms with Gasteiger partial charge in [-0.3, -0.25) is 0 Å². The molecule has 0 spiro atoms.